The maximum absolute atomic E-state index is 10.5. The van der Waals surface area contributed by atoms with Gasteiger partial charge < -0.3 is 35.1 Å². The van der Waals surface area contributed by atoms with Gasteiger partial charge in [-0.2, -0.15) is 0 Å². The van der Waals surface area contributed by atoms with E-state index in [9.17, 15) is 10.2 Å². The highest BCUT2D eigenvalue weighted by molar-refractivity contribution is 5.99. The molecule has 7 N–H and O–H groups in total. The van der Waals surface area contributed by atoms with Crippen LogP contribution in [0.5, 0.6) is 0 Å². The molecule has 156 valence electrons. The molecule has 0 amide bonds. The summed E-state index contributed by atoms with van der Waals surface area (Å²) in [6.45, 7) is 5.35. The second kappa shape index (κ2) is 9.18. The van der Waals surface area contributed by atoms with Crippen molar-refractivity contribution in [1.29, 1.82) is 10.8 Å². The number of nitrogens with zero attached hydrogens (tertiary/aromatic N) is 1. The molecule has 0 aromatic carbocycles. The van der Waals surface area contributed by atoms with Crippen molar-refractivity contribution in [1.82, 2.24) is 4.98 Å². The first kappa shape index (κ1) is 21.9. The molecule has 0 aliphatic carbocycles. The normalized spacial score (nSPS) is 27.8. The number of hydrogen-bond acceptors (Lipinski definition) is 7. The molecule has 1 aromatic heterocycles. The highest BCUT2D eigenvalue weighted by Gasteiger charge is 2.52. The fourth-order valence-electron chi connectivity index (χ4n) is 3.04. The average molecular weight is 395 g/mol. The summed E-state index contributed by atoms with van der Waals surface area (Å²) in [4.78, 5) is 6.65. The summed E-state index contributed by atoms with van der Waals surface area (Å²) in [6.07, 6.45) is -1.43. The summed E-state index contributed by atoms with van der Waals surface area (Å²) in [7, 11) is 0. The van der Waals surface area contributed by atoms with E-state index >= 15 is 0 Å². The predicted molar refractivity (Wildman–Crippen MR) is 104 cm³/mol. The van der Waals surface area contributed by atoms with Gasteiger partial charge in [0.15, 0.2) is 0 Å². The molecule has 1 saturated heterocycles. The standard InChI is InChI=1S/C18H29N5O5/c1-4-10(5-2)27-17(21)26-8-18(3)15(25)13(24)14(28-18)11-6-7-12(23-11)16(20)22-9-19/h6-7,9-10,13-15,21,23-25H,4-5,8H2,1-3H3,(H3,19,20,22)/t13-,14-,15-,18+/m0/s1. The zero-order valence-electron chi connectivity index (χ0n) is 16.3. The molecule has 0 bridgehead atoms. The molecule has 1 aliphatic heterocycles. The molecule has 4 atom stereocenters. The maximum atomic E-state index is 10.5. The average Bonchev–Trinajstić information content (AvgIpc) is 3.25. The molecule has 2 heterocycles. The number of ether oxygens (including phenoxy) is 3. The van der Waals surface area contributed by atoms with Gasteiger partial charge in [0.25, 0.3) is 0 Å². The minimum atomic E-state index is -1.24. The van der Waals surface area contributed by atoms with Crippen LogP contribution in [-0.2, 0) is 14.2 Å². The first-order chi connectivity index (χ1) is 13.3. The number of hydrogen-bond donors (Lipinski definition) is 6. The Bertz CT molecular complexity index is 717. The van der Waals surface area contributed by atoms with Crippen LogP contribution >= 0.6 is 0 Å². The van der Waals surface area contributed by atoms with E-state index in [1.54, 1.807) is 19.1 Å². The second-order valence-electron chi connectivity index (χ2n) is 6.89. The minimum absolute atomic E-state index is 0.113. The van der Waals surface area contributed by atoms with Crippen molar-refractivity contribution in [3.63, 3.8) is 0 Å². The molecule has 0 radical (unpaired) electrons. The van der Waals surface area contributed by atoms with Gasteiger partial charge in [-0.1, -0.05) is 13.8 Å². The first-order valence-corrected chi connectivity index (χ1v) is 9.19. The SMILES string of the molecule is CCC(CC)OC(=N)OC[C@@]1(C)O[C@@H](c2ccc(C(N)=NC=N)[nH]2)[C@H](O)[C@@H]1O. The Morgan fingerprint density at radius 2 is 2.11 bits per heavy atom. The number of aliphatic hydroxyl groups excluding tert-OH is 2. The lowest BCUT2D eigenvalue weighted by atomic mass is 9.97. The lowest BCUT2D eigenvalue weighted by molar-refractivity contribution is -0.103. The van der Waals surface area contributed by atoms with Gasteiger partial charge in [-0.15, -0.1) is 0 Å². The predicted octanol–water partition coefficient (Wildman–Crippen LogP) is 1.04. The summed E-state index contributed by atoms with van der Waals surface area (Å²) >= 11 is 0. The third-order valence-corrected chi connectivity index (χ3v) is 4.82. The Morgan fingerprint density at radius 3 is 2.71 bits per heavy atom. The number of aromatic nitrogens is 1. The summed E-state index contributed by atoms with van der Waals surface area (Å²) in [5, 5.41) is 35.7. The maximum Gasteiger partial charge on any atom is 0.380 e. The van der Waals surface area contributed by atoms with Gasteiger partial charge in [-0.3, -0.25) is 5.41 Å². The summed E-state index contributed by atoms with van der Waals surface area (Å²) in [6, 6.07) is 3.30. The van der Waals surface area contributed by atoms with E-state index in [0.29, 0.717) is 11.4 Å². The van der Waals surface area contributed by atoms with Gasteiger partial charge in [-0.25, -0.2) is 10.4 Å². The van der Waals surface area contributed by atoms with Gasteiger partial charge in [-0.05, 0) is 31.9 Å². The van der Waals surface area contributed by atoms with E-state index < -0.39 is 23.9 Å². The molecular formula is C18H29N5O5. The Balaban J connectivity index is 2.05. The number of aromatic amines is 1. The van der Waals surface area contributed by atoms with Crippen LogP contribution in [0.3, 0.4) is 0 Å². The molecule has 2 rings (SSSR count). The van der Waals surface area contributed by atoms with Gasteiger partial charge >= 0.3 is 6.08 Å². The summed E-state index contributed by atoms with van der Waals surface area (Å²) in [5.41, 5.74) is 5.45. The quantitative estimate of drug-likeness (QED) is 0.284. The van der Waals surface area contributed by atoms with Crippen LogP contribution in [0.2, 0.25) is 0 Å². The molecule has 28 heavy (non-hydrogen) atoms. The fourth-order valence-corrected chi connectivity index (χ4v) is 3.04. The molecule has 0 spiro atoms. The van der Waals surface area contributed by atoms with E-state index in [0.717, 1.165) is 19.2 Å². The molecule has 0 saturated carbocycles. The molecule has 0 unspecified atom stereocenters. The van der Waals surface area contributed by atoms with Gasteiger partial charge in [0.05, 0.1) is 5.69 Å². The van der Waals surface area contributed by atoms with Crippen LogP contribution in [0.15, 0.2) is 17.1 Å². The fraction of sp³-hybridized carbons (Fsp3) is 0.611. The first-order valence-electron chi connectivity index (χ1n) is 9.19. The number of aliphatic hydroxyl groups is 2. The summed E-state index contributed by atoms with van der Waals surface area (Å²) < 4.78 is 16.6. The lowest BCUT2D eigenvalue weighted by Gasteiger charge is -2.27. The summed E-state index contributed by atoms with van der Waals surface area (Å²) in [5.74, 6) is 0.118. The number of nitrogens with two attached hydrogens (primary N) is 1. The van der Waals surface area contributed by atoms with Crippen molar-refractivity contribution in [2.75, 3.05) is 6.61 Å². The molecule has 10 heteroatoms. The van der Waals surface area contributed by atoms with Crippen molar-refractivity contribution in [2.45, 2.75) is 63.6 Å². The van der Waals surface area contributed by atoms with Crippen LogP contribution < -0.4 is 5.73 Å². The highest BCUT2D eigenvalue weighted by atomic mass is 16.7. The van der Waals surface area contributed by atoms with E-state index in [2.05, 4.69) is 9.98 Å². The Hall–Kier alpha value is -2.43. The monoisotopic (exact) mass is 395 g/mol. The van der Waals surface area contributed by atoms with Crippen molar-refractivity contribution >= 4 is 18.3 Å². The number of aliphatic imine (C=N–C) groups is 1. The van der Waals surface area contributed by atoms with Crippen LogP contribution in [-0.4, -0.2) is 64.0 Å². The molecule has 10 nitrogen and oxygen atoms in total. The van der Waals surface area contributed by atoms with Crippen LogP contribution in [0.4, 0.5) is 0 Å². The zero-order valence-corrected chi connectivity index (χ0v) is 16.3. The largest absolute Gasteiger partial charge is 0.448 e. The number of amidine groups is 1. The Morgan fingerprint density at radius 1 is 1.43 bits per heavy atom. The van der Waals surface area contributed by atoms with Crippen molar-refractivity contribution in [3.05, 3.63) is 23.5 Å². The number of rotatable bonds is 8. The topological polar surface area (TPSA) is 170 Å². The second-order valence-corrected chi connectivity index (χ2v) is 6.89. The Kier molecular flexibility index (Phi) is 7.17. The third kappa shape index (κ3) is 4.70. The van der Waals surface area contributed by atoms with E-state index in [-0.39, 0.29) is 24.6 Å². The highest BCUT2D eigenvalue weighted by Crippen LogP contribution is 2.39. The van der Waals surface area contributed by atoms with Crippen molar-refractivity contribution in [3.8, 4) is 0 Å². The van der Waals surface area contributed by atoms with Gasteiger partial charge in [0.1, 0.15) is 48.8 Å². The molecule has 1 aliphatic rings. The van der Waals surface area contributed by atoms with E-state index in [4.69, 9.17) is 30.8 Å². The van der Waals surface area contributed by atoms with Crippen molar-refractivity contribution in [2.24, 2.45) is 10.7 Å². The van der Waals surface area contributed by atoms with Crippen LogP contribution in [0.1, 0.15) is 51.1 Å². The zero-order chi connectivity index (χ0) is 20.9. The van der Waals surface area contributed by atoms with E-state index in [1.807, 2.05) is 13.8 Å². The molecule has 1 aromatic rings. The Labute approximate surface area is 163 Å². The lowest BCUT2D eigenvalue weighted by Crippen LogP contribution is -2.45. The molecule has 1 fully saturated rings. The van der Waals surface area contributed by atoms with Crippen molar-refractivity contribution < 1.29 is 24.4 Å². The third-order valence-electron chi connectivity index (χ3n) is 4.82. The van der Waals surface area contributed by atoms with Crippen LogP contribution in [0, 0.1) is 10.8 Å². The number of nitrogens with one attached hydrogen (secondary N) is 3. The molecular weight excluding hydrogens is 366 g/mol. The van der Waals surface area contributed by atoms with Crippen LogP contribution in [0.25, 0.3) is 0 Å². The van der Waals surface area contributed by atoms with Gasteiger partial charge in [0.2, 0.25) is 0 Å². The van der Waals surface area contributed by atoms with E-state index in [1.165, 1.54) is 0 Å². The number of H-pyrrole nitrogens is 1. The van der Waals surface area contributed by atoms with Gasteiger partial charge in [0, 0.05) is 5.69 Å². The minimum Gasteiger partial charge on any atom is -0.448 e. The smallest absolute Gasteiger partial charge is 0.380 e.